The van der Waals surface area contributed by atoms with Gasteiger partial charge in [0.05, 0.1) is 10.9 Å². The van der Waals surface area contributed by atoms with E-state index in [4.69, 9.17) is 0 Å². The first-order valence-electron chi connectivity index (χ1n) is 9.77. The summed E-state index contributed by atoms with van der Waals surface area (Å²) >= 11 is 0. The predicted octanol–water partition coefficient (Wildman–Crippen LogP) is 1.99. The zero-order chi connectivity index (χ0) is 21.7. The third-order valence-electron chi connectivity index (χ3n) is 4.94. The molecular formula is C22H24N4O4. The number of amides is 2. The van der Waals surface area contributed by atoms with E-state index in [0.717, 1.165) is 16.6 Å². The molecule has 1 unspecified atom stereocenters. The van der Waals surface area contributed by atoms with Crippen molar-refractivity contribution in [1.29, 1.82) is 0 Å². The fraction of sp³-hybridized carbons (Fsp3) is 0.273. The Balaban J connectivity index is 1.66. The molecule has 0 fully saturated rings. The summed E-state index contributed by atoms with van der Waals surface area (Å²) in [4.78, 5) is 51.7. The summed E-state index contributed by atoms with van der Waals surface area (Å²) in [5.41, 5.74) is 0.711. The van der Waals surface area contributed by atoms with Crippen LogP contribution >= 0.6 is 0 Å². The van der Waals surface area contributed by atoms with Gasteiger partial charge in [0, 0.05) is 18.2 Å². The minimum atomic E-state index is -0.636. The van der Waals surface area contributed by atoms with Crippen LogP contribution in [0.4, 0.5) is 5.69 Å². The molecule has 0 saturated heterocycles. The number of hydrogen-bond acceptors (Lipinski definition) is 4. The van der Waals surface area contributed by atoms with Crippen LogP contribution in [0.25, 0.3) is 10.9 Å². The summed E-state index contributed by atoms with van der Waals surface area (Å²) in [6.07, 6.45) is 0.745. The van der Waals surface area contributed by atoms with E-state index in [9.17, 15) is 19.2 Å². The van der Waals surface area contributed by atoms with Gasteiger partial charge in [-0.2, -0.15) is 0 Å². The van der Waals surface area contributed by atoms with Gasteiger partial charge in [-0.15, -0.1) is 0 Å². The van der Waals surface area contributed by atoms with Gasteiger partial charge in [0.1, 0.15) is 6.54 Å². The van der Waals surface area contributed by atoms with Gasteiger partial charge < -0.3 is 15.6 Å². The molecule has 0 aliphatic rings. The van der Waals surface area contributed by atoms with Crippen LogP contribution in [-0.4, -0.2) is 21.4 Å². The number of hydrogen-bond donors (Lipinski definition) is 3. The first kappa shape index (κ1) is 21.0. The lowest BCUT2D eigenvalue weighted by atomic mass is 10.1. The number of benzene rings is 2. The van der Waals surface area contributed by atoms with E-state index in [0.29, 0.717) is 16.6 Å². The summed E-state index contributed by atoms with van der Waals surface area (Å²) in [7, 11) is 0. The number of carbonyl (C=O) groups excluding carboxylic acids is 2. The Kier molecular flexibility index (Phi) is 6.46. The molecule has 0 spiro atoms. The summed E-state index contributed by atoms with van der Waals surface area (Å²) in [6.45, 7) is 3.62. The first-order chi connectivity index (χ1) is 14.4. The maximum atomic E-state index is 12.5. The fourth-order valence-electron chi connectivity index (χ4n) is 2.95. The maximum Gasteiger partial charge on any atom is 0.329 e. The van der Waals surface area contributed by atoms with Gasteiger partial charge in [0.15, 0.2) is 0 Å². The molecule has 156 valence electrons. The van der Waals surface area contributed by atoms with Gasteiger partial charge in [-0.05, 0) is 36.2 Å². The zero-order valence-corrected chi connectivity index (χ0v) is 16.9. The van der Waals surface area contributed by atoms with E-state index in [1.54, 1.807) is 42.5 Å². The minimum Gasteiger partial charge on any atom is -0.350 e. The number of fused-ring (bicyclic) bond motifs is 1. The third-order valence-corrected chi connectivity index (χ3v) is 4.94. The summed E-state index contributed by atoms with van der Waals surface area (Å²) in [6, 6.07) is 13.8. The van der Waals surface area contributed by atoms with Crippen molar-refractivity contribution in [2.45, 2.75) is 33.4 Å². The van der Waals surface area contributed by atoms with Crippen molar-refractivity contribution >= 4 is 28.4 Å². The van der Waals surface area contributed by atoms with E-state index in [2.05, 4.69) is 15.6 Å². The van der Waals surface area contributed by atoms with E-state index in [1.165, 1.54) is 0 Å². The fourth-order valence-corrected chi connectivity index (χ4v) is 2.95. The highest BCUT2D eigenvalue weighted by Gasteiger charge is 2.12. The number of aromatic nitrogens is 2. The Labute approximate surface area is 172 Å². The molecule has 2 aromatic carbocycles. The number of para-hydroxylation sites is 1. The molecule has 2 amide bonds. The Bertz CT molecular complexity index is 1200. The SMILES string of the molecule is CCC(C)C(=O)Nc1cccc(CNC(=O)Cn2c(=O)[nH]c3ccccc3c2=O)c1. The molecule has 1 aromatic heterocycles. The molecule has 0 aliphatic heterocycles. The van der Waals surface area contributed by atoms with Crippen molar-refractivity contribution in [3.05, 3.63) is 74.9 Å². The molecule has 8 nitrogen and oxygen atoms in total. The second-order valence-electron chi connectivity index (χ2n) is 7.14. The monoisotopic (exact) mass is 408 g/mol. The van der Waals surface area contributed by atoms with Crippen molar-refractivity contribution in [1.82, 2.24) is 14.9 Å². The quantitative estimate of drug-likeness (QED) is 0.555. The van der Waals surface area contributed by atoms with Crippen molar-refractivity contribution < 1.29 is 9.59 Å². The molecule has 3 N–H and O–H groups in total. The standard InChI is InChI=1S/C22H24N4O4/c1-3-14(2)20(28)24-16-8-6-7-15(11-16)12-23-19(27)13-26-21(29)17-9-4-5-10-18(17)25-22(26)30/h4-11,14H,3,12-13H2,1-2H3,(H,23,27)(H,24,28)(H,25,30). The van der Waals surface area contributed by atoms with E-state index >= 15 is 0 Å². The van der Waals surface area contributed by atoms with Gasteiger partial charge in [0.25, 0.3) is 5.56 Å². The number of nitrogens with one attached hydrogen (secondary N) is 3. The Morgan fingerprint density at radius 1 is 1.10 bits per heavy atom. The number of anilines is 1. The predicted molar refractivity (Wildman–Crippen MR) is 115 cm³/mol. The van der Waals surface area contributed by atoms with Gasteiger partial charge in [-0.25, -0.2) is 4.79 Å². The Hall–Kier alpha value is -3.68. The van der Waals surface area contributed by atoms with E-state index in [-0.39, 0.29) is 24.9 Å². The van der Waals surface area contributed by atoms with Crippen molar-refractivity contribution in [3.8, 4) is 0 Å². The van der Waals surface area contributed by atoms with Crippen LogP contribution < -0.4 is 21.9 Å². The smallest absolute Gasteiger partial charge is 0.329 e. The molecule has 1 atom stereocenters. The molecule has 3 rings (SSSR count). The minimum absolute atomic E-state index is 0.0615. The van der Waals surface area contributed by atoms with E-state index in [1.807, 2.05) is 19.9 Å². The lowest BCUT2D eigenvalue weighted by Crippen LogP contribution is -2.40. The van der Waals surface area contributed by atoms with Crippen LogP contribution in [0, 0.1) is 5.92 Å². The van der Waals surface area contributed by atoms with Crippen molar-refractivity contribution in [3.63, 3.8) is 0 Å². The first-order valence-corrected chi connectivity index (χ1v) is 9.77. The van der Waals surface area contributed by atoms with E-state index < -0.39 is 17.2 Å². The van der Waals surface area contributed by atoms with Crippen LogP contribution in [0.15, 0.2) is 58.1 Å². The molecule has 3 aromatic rings. The summed E-state index contributed by atoms with van der Waals surface area (Å²) < 4.78 is 0.875. The summed E-state index contributed by atoms with van der Waals surface area (Å²) in [5, 5.41) is 5.89. The van der Waals surface area contributed by atoms with Crippen molar-refractivity contribution in [2.75, 3.05) is 5.32 Å². The molecule has 0 radical (unpaired) electrons. The van der Waals surface area contributed by atoms with Gasteiger partial charge in [-0.1, -0.05) is 38.1 Å². The molecule has 0 bridgehead atoms. The molecule has 30 heavy (non-hydrogen) atoms. The average Bonchev–Trinajstić information content (AvgIpc) is 2.74. The highest BCUT2D eigenvalue weighted by atomic mass is 16.2. The van der Waals surface area contributed by atoms with Gasteiger partial charge in [0.2, 0.25) is 11.8 Å². The molecule has 0 saturated carbocycles. The van der Waals surface area contributed by atoms with Gasteiger partial charge >= 0.3 is 5.69 Å². The van der Waals surface area contributed by atoms with Crippen LogP contribution in [0.3, 0.4) is 0 Å². The second-order valence-corrected chi connectivity index (χ2v) is 7.14. The highest BCUT2D eigenvalue weighted by molar-refractivity contribution is 5.92. The van der Waals surface area contributed by atoms with Crippen LogP contribution in [-0.2, 0) is 22.7 Å². The average molecular weight is 408 g/mol. The molecular weight excluding hydrogens is 384 g/mol. The zero-order valence-electron chi connectivity index (χ0n) is 16.9. The molecule has 8 heteroatoms. The lowest BCUT2D eigenvalue weighted by Gasteiger charge is -2.12. The number of aromatic amines is 1. The van der Waals surface area contributed by atoms with Crippen LogP contribution in [0.1, 0.15) is 25.8 Å². The number of H-pyrrole nitrogens is 1. The number of carbonyl (C=O) groups is 2. The lowest BCUT2D eigenvalue weighted by molar-refractivity contribution is -0.122. The van der Waals surface area contributed by atoms with Crippen LogP contribution in [0.5, 0.6) is 0 Å². The largest absolute Gasteiger partial charge is 0.350 e. The maximum absolute atomic E-state index is 12.5. The Morgan fingerprint density at radius 3 is 2.63 bits per heavy atom. The number of rotatable bonds is 7. The third kappa shape index (κ3) is 4.83. The van der Waals surface area contributed by atoms with Crippen LogP contribution in [0.2, 0.25) is 0 Å². The van der Waals surface area contributed by atoms with Gasteiger partial charge in [-0.3, -0.25) is 19.0 Å². The van der Waals surface area contributed by atoms with Crippen molar-refractivity contribution in [2.24, 2.45) is 5.92 Å². The highest BCUT2D eigenvalue weighted by Crippen LogP contribution is 2.13. The normalized spacial score (nSPS) is 11.8. The molecule has 0 aliphatic carbocycles. The molecule has 1 heterocycles. The summed E-state index contributed by atoms with van der Waals surface area (Å²) in [5.74, 6) is -0.618. The Morgan fingerprint density at radius 2 is 1.87 bits per heavy atom. The topological polar surface area (TPSA) is 113 Å². The number of nitrogens with zero attached hydrogens (tertiary/aromatic N) is 1. The second kappa shape index (κ2) is 9.21.